The molecule has 0 saturated carbocycles. The van der Waals surface area contributed by atoms with Crippen molar-refractivity contribution in [3.8, 4) is 5.75 Å². The van der Waals surface area contributed by atoms with Gasteiger partial charge in [-0.3, -0.25) is 4.79 Å². The molecular formula is C17H16ClF3N2O4S. The third-order valence-electron chi connectivity index (χ3n) is 3.66. The molecule has 0 saturated heterocycles. The highest BCUT2D eigenvalue weighted by molar-refractivity contribution is 7.89. The van der Waals surface area contributed by atoms with E-state index in [-0.39, 0.29) is 5.02 Å². The number of benzene rings is 2. The predicted octanol–water partition coefficient (Wildman–Crippen LogP) is 3.63. The quantitative estimate of drug-likeness (QED) is 0.750. The Morgan fingerprint density at radius 1 is 1.21 bits per heavy atom. The van der Waals surface area contributed by atoms with Gasteiger partial charge >= 0.3 is 6.18 Å². The number of anilines is 1. The summed E-state index contributed by atoms with van der Waals surface area (Å²) in [6.07, 6.45) is -4.93. The van der Waals surface area contributed by atoms with Gasteiger partial charge in [-0.1, -0.05) is 17.7 Å². The number of rotatable bonds is 6. The summed E-state index contributed by atoms with van der Waals surface area (Å²) >= 11 is 5.57. The molecule has 0 atom stereocenters. The summed E-state index contributed by atoms with van der Waals surface area (Å²) in [5, 5.41) is 2.20. The molecule has 0 aliphatic heterocycles. The number of hydrogen-bond donors (Lipinski definition) is 1. The molecule has 2 aromatic rings. The zero-order chi connectivity index (χ0) is 21.1. The number of ether oxygens (including phenoxy) is 1. The van der Waals surface area contributed by atoms with E-state index in [4.69, 9.17) is 16.3 Å². The van der Waals surface area contributed by atoms with E-state index in [1.54, 1.807) is 18.2 Å². The van der Waals surface area contributed by atoms with E-state index in [2.05, 4.69) is 5.32 Å². The van der Waals surface area contributed by atoms with Crippen LogP contribution < -0.4 is 10.1 Å². The minimum absolute atomic E-state index is 0.260. The van der Waals surface area contributed by atoms with Crippen LogP contribution in [0.4, 0.5) is 18.9 Å². The fraction of sp³-hybridized carbons (Fsp3) is 0.235. The number of methoxy groups -OCH3 is 1. The molecule has 1 N–H and O–H groups in total. The Morgan fingerprint density at radius 2 is 1.89 bits per heavy atom. The zero-order valence-electron chi connectivity index (χ0n) is 14.7. The molecular weight excluding hydrogens is 421 g/mol. The van der Waals surface area contributed by atoms with Crippen molar-refractivity contribution in [2.75, 3.05) is 26.0 Å². The van der Waals surface area contributed by atoms with Gasteiger partial charge in [0.2, 0.25) is 15.9 Å². The third kappa shape index (κ3) is 5.15. The van der Waals surface area contributed by atoms with Crippen molar-refractivity contribution in [1.29, 1.82) is 0 Å². The first-order valence-electron chi connectivity index (χ1n) is 7.72. The van der Waals surface area contributed by atoms with Crippen LogP contribution in [0.25, 0.3) is 0 Å². The lowest BCUT2D eigenvalue weighted by Crippen LogP contribution is -2.35. The second kappa shape index (κ2) is 8.38. The van der Waals surface area contributed by atoms with Crippen LogP contribution in [-0.2, 0) is 21.0 Å². The van der Waals surface area contributed by atoms with E-state index in [0.29, 0.717) is 21.8 Å². The zero-order valence-corrected chi connectivity index (χ0v) is 16.3. The summed E-state index contributed by atoms with van der Waals surface area (Å²) in [5.74, 6) is -0.267. The number of carbonyl (C=O) groups excluding carboxylic acids is 1. The molecule has 0 aliphatic carbocycles. The molecule has 0 bridgehead atoms. The normalized spacial score (nSPS) is 12.1. The lowest BCUT2D eigenvalue weighted by atomic mass is 10.2. The number of halogens is 4. The minimum atomic E-state index is -4.93. The molecule has 1 amide bonds. The molecule has 6 nitrogen and oxygen atoms in total. The Morgan fingerprint density at radius 3 is 2.50 bits per heavy atom. The Hall–Kier alpha value is -2.30. The topological polar surface area (TPSA) is 75.7 Å². The first-order chi connectivity index (χ1) is 12.9. The maximum Gasteiger partial charge on any atom is 0.417 e. The molecule has 0 radical (unpaired) electrons. The molecule has 11 heteroatoms. The van der Waals surface area contributed by atoms with Crippen molar-refractivity contribution in [2.24, 2.45) is 0 Å². The SMILES string of the molecule is COc1cccc(NC(=O)CN(C)S(=O)(=O)c2ccc(Cl)cc2C(F)(F)F)c1. The average molecular weight is 437 g/mol. The molecule has 0 spiro atoms. The second-order valence-corrected chi connectivity index (χ2v) is 8.13. The molecule has 2 rings (SSSR count). The van der Waals surface area contributed by atoms with Crippen molar-refractivity contribution in [2.45, 2.75) is 11.1 Å². The molecule has 152 valence electrons. The van der Waals surface area contributed by atoms with E-state index in [0.717, 1.165) is 19.2 Å². The Kier molecular flexibility index (Phi) is 6.58. The van der Waals surface area contributed by atoms with Crippen LogP contribution >= 0.6 is 11.6 Å². The van der Waals surface area contributed by atoms with E-state index >= 15 is 0 Å². The maximum atomic E-state index is 13.2. The van der Waals surface area contributed by atoms with Gasteiger partial charge in [0.15, 0.2) is 0 Å². The predicted molar refractivity (Wildman–Crippen MR) is 97.9 cm³/mol. The average Bonchev–Trinajstić information content (AvgIpc) is 2.60. The summed E-state index contributed by atoms with van der Waals surface area (Å²) < 4.78 is 70.3. The fourth-order valence-electron chi connectivity index (χ4n) is 2.31. The lowest BCUT2D eigenvalue weighted by Gasteiger charge is -2.20. The second-order valence-electron chi connectivity index (χ2n) is 5.68. The highest BCUT2D eigenvalue weighted by Crippen LogP contribution is 2.36. The van der Waals surface area contributed by atoms with E-state index in [1.807, 2.05) is 0 Å². The van der Waals surface area contributed by atoms with Crippen molar-refractivity contribution in [3.05, 3.63) is 53.1 Å². The van der Waals surface area contributed by atoms with Crippen LogP contribution in [0.5, 0.6) is 5.75 Å². The first-order valence-corrected chi connectivity index (χ1v) is 9.54. The van der Waals surface area contributed by atoms with Gasteiger partial charge in [0.1, 0.15) is 5.75 Å². The molecule has 28 heavy (non-hydrogen) atoms. The van der Waals surface area contributed by atoms with E-state index < -0.39 is 39.1 Å². The molecule has 2 aromatic carbocycles. The van der Waals surface area contributed by atoms with E-state index in [1.165, 1.54) is 13.2 Å². The number of nitrogens with zero attached hydrogens (tertiary/aromatic N) is 1. The number of carbonyl (C=O) groups is 1. The van der Waals surface area contributed by atoms with Gasteiger partial charge in [-0.15, -0.1) is 0 Å². The standard InChI is InChI=1S/C17H16ClF3N2O4S/c1-23(10-16(24)22-12-4-3-5-13(9-12)27-2)28(25,26)15-7-6-11(18)8-14(15)17(19,20)21/h3-9H,10H2,1-2H3,(H,22,24). The summed E-state index contributed by atoms with van der Waals surface area (Å²) in [4.78, 5) is 11.1. The van der Waals surface area contributed by atoms with Crippen molar-refractivity contribution >= 4 is 33.2 Å². The van der Waals surface area contributed by atoms with Crippen LogP contribution in [0.15, 0.2) is 47.4 Å². The van der Waals surface area contributed by atoms with Crippen molar-refractivity contribution in [3.63, 3.8) is 0 Å². The van der Waals surface area contributed by atoms with Crippen LogP contribution in [0.3, 0.4) is 0 Å². The van der Waals surface area contributed by atoms with Gasteiger partial charge in [-0.2, -0.15) is 17.5 Å². The van der Waals surface area contributed by atoms with Crippen molar-refractivity contribution in [1.82, 2.24) is 4.31 Å². The fourth-order valence-corrected chi connectivity index (χ4v) is 3.79. The number of nitrogens with one attached hydrogen (secondary N) is 1. The lowest BCUT2D eigenvalue weighted by molar-refractivity contribution is -0.139. The Labute approximate surface area is 164 Å². The highest BCUT2D eigenvalue weighted by atomic mass is 35.5. The minimum Gasteiger partial charge on any atom is -0.497 e. The number of amides is 1. The Balaban J connectivity index is 2.23. The van der Waals surface area contributed by atoms with E-state index in [9.17, 15) is 26.4 Å². The van der Waals surface area contributed by atoms with Gasteiger partial charge in [-0.25, -0.2) is 8.42 Å². The van der Waals surface area contributed by atoms with Gasteiger partial charge in [-0.05, 0) is 30.3 Å². The smallest absolute Gasteiger partial charge is 0.417 e. The third-order valence-corrected chi connectivity index (χ3v) is 5.75. The summed E-state index contributed by atoms with van der Waals surface area (Å²) in [6, 6.07) is 8.64. The number of sulfonamides is 1. The van der Waals surface area contributed by atoms with Gasteiger partial charge in [0.25, 0.3) is 0 Å². The molecule has 0 unspecified atom stereocenters. The Bertz CT molecular complexity index is 981. The maximum absolute atomic E-state index is 13.2. The van der Waals surface area contributed by atoms with Gasteiger partial charge < -0.3 is 10.1 Å². The highest BCUT2D eigenvalue weighted by Gasteiger charge is 2.39. The van der Waals surface area contributed by atoms with Crippen molar-refractivity contribution < 1.29 is 31.1 Å². The van der Waals surface area contributed by atoms with Crippen LogP contribution in [0.2, 0.25) is 5.02 Å². The molecule has 0 heterocycles. The number of hydrogen-bond acceptors (Lipinski definition) is 4. The molecule has 0 aliphatic rings. The first kappa shape index (κ1) is 22.0. The summed E-state index contributed by atoms with van der Waals surface area (Å²) in [7, 11) is -2.16. The van der Waals surface area contributed by atoms with Gasteiger partial charge in [0, 0.05) is 23.8 Å². The number of likely N-dealkylation sites (N-methyl/N-ethyl adjacent to an activating group) is 1. The largest absolute Gasteiger partial charge is 0.497 e. The van der Waals surface area contributed by atoms with Crippen LogP contribution in [0, 0.1) is 0 Å². The monoisotopic (exact) mass is 436 g/mol. The summed E-state index contributed by atoms with van der Waals surface area (Å²) in [5.41, 5.74) is -1.06. The summed E-state index contributed by atoms with van der Waals surface area (Å²) in [6.45, 7) is -0.695. The molecule has 0 aromatic heterocycles. The number of alkyl halides is 3. The van der Waals surface area contributed by atoms with Crippen LogP contribution in [0.1, 0.15) is 5.56 Å². The molecule has 0 fully saturated rings. The van der Waals surface area contributed by atoms with Crippen LogP contribution in [-0.4, -0.2) is 39.3 Å². The van der Waals surface area contributed by atoms with Gasteiger partial charge in [0.05, 0.1) is 24.1 Å².